The molecule has 2 aliphatic rings. The molecule has 0 saturated carbocycles. The molecule has 0 unspecified atom stereocenters. The van der Waals surface area contributed by atoms with Gasteiger partial charge in [-0.15, -0.1) is 0 Å². The van der Waals surface area contributed by atoms with Gasteiger partial charge in [-0.1, -0.05) is 5.16 Å². The third kappa shape index (κ3) is 3.15. The van der Waals surface area contributed by atoms with Gasteiger partial charge < -0.3 is 19.3 Å². The number of rotatable bonds is 5. The fraction of sp³-hybridized carbons (Fsp3) is 0.529. The standard InChI is InChI=1S/C17H20N6O4/c24-10-15-18-17(21-26-15)12-5-13-16(20-27-19-13)14(6-12)23-8-11(9-23)7-22-1-3-25-4-2-22/h5-6,11,24H,1-4,7-10H2. The van der Waals surface area contributed by atoms with Gasteiger partial charge in [0.15, 0.2) is 5.52 Å². The maximum Gasteiger partial charge on any atom is 0.252 e. The zero-order valence-corrected chi connectivity index (χ0v) is 14.7. The lowest BCUT2D eigenvalue weighted by Gasteiger charge is -2.43. The summed E-state index contributed by atoms with van der Waals surface area (Å²) in [6, 6.07) is 3.79. The third-order valence-electron chi connectivity index (χ3n) is 5.12. The van der Waals surface area contributed by atoms with Crippen LogP contribution < -0.4 is 4.90 Å². The Balaban J connectivity index is 1.36. The van der Waals surface area contributed by atoms with Crippen LogP contribution in [0.15, 0.2) is 21.3 Å². The fourth-order valence-electron chi connectivity index (χ4n) is 3.71. The van der Waals surface area contributed by atoms with Crippen LogP contribution in [0.25, 0.3) is 22.4 Å². The monoisotopic (exact) mass is 372 g/mol. The SMILES string of the molecule is OCc1nc(-c2cc(N3CC(CN4CCOCC4)C3)c3nonc3c2)no1. The second kappa shape index (κ2) is 6.87. The molecule has 1 N–H and O–H groups in total. The molecular weight excluding hydrogens is 352 g/mol. The normalized spacial score (nSPS) is 18.9. The molecule has 1 aromatic carbocycles. The number of aliphatic hydroxyl groups excluding tert-OH is 1. The van der Waals surface area contributed by atoms with E-state index in [1.54, 1.807) is 0 Å². The minimum absolute atomic E-state index is 0.180. The van der Waals surface area contributed by atoms with Gasteiger partial charge in [0.25, 0.3) is 5.89 Å². The summed E-state index contributed by atoms with van der Waals surface area (Å²) in [6.07, 6.45) is 0. The summed E-state index contributed by atoms with van der Waals surface area (Å²) in [5.41, 5.74) is 3.09. The average Bonchev–Trinajstić information content (AvgIpc) is 3.33. The van der Waals surface area contributed by atoms with Gasteiger partial charge in [-0.2, -0.15) is 4.98 Å². The number of nitrogens with zero attached hydrogens (tertiary/aromatic N) is 6. The summed E-state index contributed by atoms with van der Waals surface area (Å²) in [4.78, 5) is 8.92. The first-order valence-corrected chi connectivity index (χ1v) is 9.05. The second-order valence-corrected chi connectivity index (χ2v) is 6.98. The summed E-state index contributed by atoms with van der Waals surface area (Å²) in [6.45, 7) is 6.37. The summed E-state index contributed by atoms with van der Waals surface area (Å²) in [5.74, 6) is 1.21. The largest absolute Gasteiger partial charge is 0.387 e. The van der Waals surface area contributed by atoms with E-state index in [1.165, 1.54) is 0 Å². The second-order valence-electron chi connectivity index (χ2n) is 6.98. The number of anilines is 1. The molecule has 2 saturated heterocycles. The van der Waals surface area contributed by atoms with E-state index in [4.69, 9.17) is 19.0 Å². The first-order chi connectivity index (χ1) is 13.3. The molecule has 27 heavy (non-hydrogen) atoms. The first kappa shape index (κ1) is 16.6. The highest BCUT2D eigenvalue weighted by Crippen LogP contribution is 2.34. The smallest absolute Gasteiger partial charge is 0.252 e. The lowest BCUT2D eigenvalue weighted by Crippen LogP contribution is -2.53. The van der Waals surface area contributed by atoms with Gasteiger partial charge in [-0.3, -0.25) is 4.90 Å². The van der Waals surface area contributed by atoms with E-state index in [2.05, 4.69) is 30.3 Å². The Morgan fingerprint density at radius 1 is 1.11 bits per heavy atom. The number of aromatic nitrogens is 4. The van der Waals surface area contributed by atoms with Crippen LogP contribution in [0.1, 0.15) is 5.89 Å². The minimum Gasteiger partial charge on any atom is -0.387 e. The topological polar surface area (TPSA) is 114 Å². The molecule has 2 fully saturated rings. The van der Waals surface area contributed by atoms with E-state index in [1.807, 2.05) is 12.1 Å². The molecule has 0 amide bonds. The number of benzene rings is 1. The molecule has 0 atom stereocenters. The van der Waals surface area contributed by atoms with Crippen molar-refractivity contribution in [1.29, 1.82) is 0 Å². The molecule has 4 heterocycles. The van der Waals surface area contributed by atoms with Crippen molar-refractivity contribution in [3.8, 4) is 11.4 Å². The van der Waals surface area contributed by atoms with Gasteiger partial charge in [-0.05, 0) is 22.4 Å². The van der Waals surface area contributed by atoms with Crippen LogP contribution in [0.3, 0.4) is 0 Å². The molecule has 3 aromatic rings. The van der Waals surface area contributed by atoms with Gasteiger partial charge in [0.1, 0.15) is 12.1 Å². The van der Waals surface area contributed by atoms with Crippen molar-refractivity contribution in [1.82, 2.24) is 25.4 Å². The molecule has 0 spiro atoms. The molecule has 5 rings (SSSR count). The van der Waals surface area contributed by atoms with Gasteiger partial charge in [0.2, 0.25) is 5.82 Å². The molecule has 0 radical (unpaired) electrons. The number of hydrogen-bond acceptors (Lipinski definition) is 10. The number of hydrogen-bond donors (Lipinski definition) is 1. The highest BCUT2D eigenvalue weighted by molar-refractivity contribution is 5.92. The van der Waals surface area contributed by atoms with E-state index in [0.717, 1.165) is 62.7 Å². The Morgan fingerprint density at radius 3 is 2.74 bits per heavy atom. The first-order valence-electron chi connectivity index (χ1n) is 9.05. The maximum absolute atomic E-state index is 9.14. The van der Waals surface area contributed by atoms with Crippen LogP contribution in [0, 0.1) is 5.92 Å². The Kier molecular flexibility index (Phi) is 4.23. The predicted molar refractivity (Wildman–Crippen MR) is 94.0 cm³/mol. The van der Waals surface area contributed by atoms with Gasteiger partial charge in [0, 0.05) is 44.2 Å². The zero-order chi connectivity index (χ0) is 18.2. The highest BCUT2D eigenvalue weighted by atomic mass is 16.6. The van der Waals surface area contributed by atoms with Crippen LogP contribution >= 0.6 is 0 Å². The van der Waals surface area contributed by atoms with Gasteiger partial charge in [0.05, 0.1) is 18.9 Å². The molecule has 2 aromatic heterocycles. The summed E-state index contributed by atoms with van der Waals surface area (Å²) in [5, 5.41) is 21.1. The number of ether oxygens (including phenoxy) is 1. The van der Waals surface area contributed by atoms with Gasteiger partial charge >= 0.3 is 0 Å². The van der Waals surface area contributed by atoms with E-state index in [9.17, 15) is 0 Å². The molecule has 10 nitrogen and oxygen atoms in total. The Bertz CT molecular complexity index is 929. The van der Waals surface area contributed by atoms with Crippen molar-refractivity contribution >= 4 is 16.7 Å². The molecule has 0 bridgehead atoms. The number of aliphatic hydroxyl groups is 1. The van der Waals surface area contributed by atoms with Crippen LogP contribution in [-0.2, 0) is 11.3 Å². The molecule has 10 heteroatoms. The summed E-state index contributed by atoms with van der Waals surface area (Å²) >= 11 is 0. The van der Waals surface area contributed by atoms with Crippen LogP contribution in [0.4, 0.5) is 5.69 Å². The minimum atomic E-state index is -0.289. The van der Waals surface area contributed by atoms with Crippen molar-refractivity contribution < 1.29 is 19.0 Å². The Hall–Kier alpha value is -2.56. The Labute approximate surface area is 154 Å². The van der Waals surface area contributed by atoms with E-state index < -0.39 is 0 Å². The molecule has 142 valence electrons. The van der Waals surface area contributed by atoms with E-state index in [-0.39, 0.29) is 12.5 Å². The Morgan fingerprint density at radius 2 is 1.96 bits per heavy atom. The number of morpholine rings is 1. The number of fused-ring (bicyclic) bond motifs is 1. The maximum atomic E-state index is 9.14. The lowest BCUT2D eigenvalue weighted by atomic mass is 9.97. The molecular formula is C17H20N6O4. The van der Waals surface area contributed by atoms with Crippen LogP contribution in [0.2, 0.25) is 0 Å². The summed E-state index contributed by atoms with van der Waals surface area (Å²) < 4.78 is 15.4. The lowest BCUT2D eigenvalue weighted by molar-refractivity contribution is 0.0286. The average molecular weight is 372 g/mol. The van der Waals surface area contributed by atoms with Crippen molar-refractivity contribution in [2.45, 2.75) is 6.61 Å². The van der Waals surface area contributed by atoms with E-state index in [0.29, 0.717) is 17.3 Å². The van der Waals surface area contributed by atoms with Gasteiger partial charge in [-0.25, -0.2) is 4.63 Å². The van der Waals surface area contributed by atoms with Crippen molar-refractivity contribution in [2.24, 2.45) is 5.92 Å². The quantitative estimate of drug-likeness (QED) is 0.680. The molecule has 0 aliphatic carbocycles. The molecule has 2 aliphatic heterocycles. The van der Waals surface area contributed by atoms with Crippen molar-refractivity contribution in [3.63, 3.8) is 0 Å². The van der Waals surface area contributed by atoms with Crippen molar-refractivity contribution in [3.05, 3.63) is 18.0 Å². The van der Waals surface area contributed by atoms with Crippen LogP contribution in [-0.4, -0.2) is 76.4 Å². The van der Waals surface area contributed by atoms with E-state index >= 15 is 0 Å². The van der Waals surface area contributed by atoms with Crippen LogP contribution in [0.5, 0.6) is 0 Å². The van der Waals surface area contributed by atoms with Crippen molar-refractivity contribution in [2.75, 3.05) is 50.8 Å². The fourth-order valence-corrected chi connectivity index (χ4v) is 3.71. The highest BCUT2D eigenvalue weighted by Gasteiger charge is 2.31. The predicted octanol–water partition coefficient (Wildman–Crippen LogP) is 0.533. The summed E-state index contributed by atoms with van der Waals surface area (Å²) in [7, 11) is 0. The third-order valence-corrected chi connectivity index (χ3v) is 5.12. The zero-order valence-electron chi connectivity index (χ0n) is 14.7.